The van der Waals surface area contributed by atoms with Crippen molar-refractivity contribution >= 4 is 40.3 Å². The second kappa shape index (κ2) is 7.91. The monoisotopic (exact) mass is 397 g/mol. The van der Waals surface area contributed by atoms with Crippen molar-refractivity contribution in [2.75, 3.05) is 0 Å². The molecule has 2 atom stereocenters. The summed E-state index contributed by atoms with van der Waals surface area (Å²) in [5, 5.41) is 10.6. The number of carbonyl (C=O) groups is 1. The molecule has 19 heavy (non-hydrogen) atoms. The van der Waals surface area contributed by atoms with E-state index in [-0.39, 0.29) is 0 Å². The third-order valence-corrected chi connectivity index (χ3v) is 3.71. The first-order valence-electron chi connectivity index (χ1n) is 6.04. The van der Waals surface area contributed by atoms with Gasteiger partial charge >= 0.3 is 6.09 Å². The minimum absolute atomic E-state index is 0.452. The van der Waals surface area contributed by atoms with Gasteiger partial charge in [-0.2, -0.15) is 0 Å². The second-order valence-electron chi connectivity index (χ2n) is 4.23. The van der Waals surface area contributed by atoms with Crippen LogP contribution >= 0.6 is 34.2 Å². The molecule has 1 amide bonds. The van der Waals surface area contributed by atoms with Gasteiger partial charge in [-0.1, -0.05) is 37.4 Å². The summed E-state index contributed by atoms with van der Waals surface area (Å²) in [5.41, 5.74) is 5.63. The van der Waals surface area contributed by atoms with Crippen LogP contribution in [0.25, 0.3) is 0 Å². The maximum atomic E-state index is 11.0. The fourth-order valence-electron chi connectivity index (χ4n) is 1.77. The number of rotatable bonds is 6. The Labute approximate surface area is 131 Å². The summed E-state index contributed by atoms with van der Waals surface area (Å²) < 4.78 is 5.98. The summed E-state index contributed by atoms with van der Waals surface area (Å²) in [6.07, 6.45) is -0.256. The number of halogens is 2. The van der Waals surface area contributed by atoms with Crippen molar-refractivity contribution in [3.05, 3.63) is 32.4 Å². The molecule has 0 radical (unpaired) electrons. The predicted octanol–water partition coefficient (Wildman–Crippen LogP) is 3.63. The number of hydrogen-bond donors (Lipinski definition) is 2. The van der Waals surface area contributed by atoms with Crippen molar-refractivity contribution in [3.63, 3.8) is 0 Å². The summed E-state index contributed by atoms with van der Waals surface area (Å²) in [4.78, 5) is 11.0. The number of ether oxygens (including phenoxy) is 1. The first-order chi connectivity index (χ1) is 8.95. The van der Waals surface area contributed by atoms with E-state index in [4.69, 9.17) is 22.1 Å². The molecule has 1 aromatic rings. The molecule has 3 N–H and O–H groups in total. The highest BCUT2D eigenvalue weighted by Crippen LogP contribution is 2.31. The standard InChI is InChI=1S/C13H17ClINO3/c1-2-3-4-11(17)12(19-13(16)18)9-6-5-8(15)7-10(9)14/h5-7,11-12,17H,2-4H2,1H3,(H2,16,18). The highest BCUT2D eigenvalue weighted by molar-refractivity contribution is 14.1. The van der Waals surface area contributed by atoms with Gasteiger partial charge < -0.3 is 15.6 Å². The van der Waals surface area contributed by atoms with E-state index < -0.39 is 18.3 Å². The van der Waals surface area contributed by atoms with E-state index in [0.29, 0.717) is 17.0 Å². The number of amides is 1. The molecule has 0 saturated heterocycles. The molecule has 0 fully saturated rings. The molecule has 0 saturated carbocycles. The van der Waals surface area contributed by atoms with Crippen LogP contribution in [-0.2, 0) is 4.74 Å². The highest BCUT2D eigenvalue weighted by Gasteiger charge is 2.26. The smallest absolute Gasteiger partial charge is 0.405 e. The lowest BCUT2D eigenvalue weighted by Gasteiger charge is -2.23. The van der Waals surface area contributed by atoms with Crippen LogP contribution in [0.1, 0.15) is 37.9 Å². The highest BCUT2D eigenvalue weighted by atomic mass is 127. The van der Waals surface area contributed by atoms with Crippen molar-refractivity contribution in [3.8, 4) is 0 Å². The van der Waals surface area contributed by atoms with Crippen molar-refractivity contribution in [2.24, 2.45) is 5.73 Å². The van der Waals surface area contributed by atoms with Crippen LogP contribution in [-0.4, -0.2) is 17.3 Å². The third kappa shape index (κ3) is 5.16. The number of nitrogens with two attached hydrogens (primary N) is 1. The third-order valence-electron chi connectivity index (χ3n) is 2.72. The van der Waals surface area contributed by atoms with Crippen LogP contribution in [0.3, 0.4) is 0 Å². The molecule has 0 aliphatic heterocycles. The molecule has 1 aromatic carbocycles. The van der Waals surface area contributed by atoms with Gasteiger partial charge in [-0.3, -0.25) is 0 Å². The molecular formula is C13H17ClINO3. The summed E-state index contributed by atoms with van der Waals surface area (Å²) in [6.45, 7) is 2.02. The Kier molecular flexibility index (Phi) is 6.88. The van der Waals surface area contributed by atoms with E-state index in [1.165, 1.54) is 0 Å². The van der Waals surface area contributed by atoms with Gasteiger partial charge in [0.25, 0.3) is 0 Å². The normalized spacial score (nSPS) is 13.9. The lowest BCUT2D eigenvalue weighted by Crippen LogP contribution is -2.27. The van der Waals surface area contributed by atoms with Crippen LogP contribution in [0.4, 0.5) is 4.79 Å². The average molecular weight is 398 g/mol. The Morgan fingerprint density at radius 1 is 1.58 bits per heavy atom. The van der Waals surface area contributed by atoms with Gasteiger partial charge in [-0.15, -0.1) is 0 Å². The van der Waals surface area contributed by atoms with Crippen molar-refractivity contribution in [1.29, 1.82) is 0 Å². The molecule has 0 aliphatic rings. The quantitative estimate of drug-likeness (QED) is 0.720. The molecule has 0 bridgehead atoms. The van der Waals surface area contributed by atoms with Gasteiger partial charge in [-0.05, 0) is 41.1 Å². The Balaban J connectivity index is 2.98. The summed E-state index contributed by atoms with van der Waals surface area (Å²) in [7, 11) is 0. The van der Waals surface area contributed by atoms with E-state index in [9.17, 15) is 9.90 Å². The zero-order valence-electron chi connectivity index (χ0n) is 10.6. The SMILES string of the molecule is CCCCC(O)C(OC(N)=O)c1ccc(I)cc1Cl. The van der Waals surface area contributed by atoms with Gasteiger partial charge in [0.15, 0.2) is 6.10 Å². The zero-order chi connectivity index (χ0) is 14.4. The van der Waals surface area contributed by atoms with Gasteiger partial charge in [0.1, 0.15) is 0 Å². The molecule has 4 nitrogen and oxygen atoms in total. The number of benzene rings is 1. The van der Waals surface area contributed by atoms with Crippen LogP contribution in [0.5, 0.6) is 0 Å². The molecule has 0 spiro atoms. The van der Waals surface area contributed by atoms with E-state index in [2.05, 4.69) is 22.6 Å². The zero-order valence-corrected chi connectivity index (χ0v) is 13.5. The van der Waals surface area contributed by atoms with Crippen molar-refractivity contribution in [1.82, 2.24) is 0 Å². The van der Waals surface area contributed by atoms with Crippen LogP contribution in [0.2, 0.25) is 5.02 Å². The lowest BCUT2D eigenvalue weighted by atomic mass is 10.00. The van der Waals surface area contributed by atoms with Gasteiger partial charge in [0.05, 0.1) is 6.10 Å². The number of unbranched alkanes of at least 4 members (excludes halogenated alkanes) is 1. The summed E-state index contributed by atoms with van der Waals surface area (Å²) in [6, 6.07) is 5.33. The Morgan fingerprint density at radius 3 is 2.79 bits per heavy atom. The van der Waals surface area contributed by atoms with E-state index in [1.54, 1.807) is 12.1 Å². The summed E-state index contributed by atoms with van der Waals surface area (Å²) in [5.74, 6) is 0. The van der Waals surface area contributed by atoms with Gasteiger partial charge in [-0.25, -0.2) is 4.79 Å². The Bertz CT molecular complexity index is 442. The molecular weight excluding hydrogens is 381 g/mol. The minimum atomic E-state index is -0.921. The molecule has 0 aromatic heterocycles. The predicted molar refractivity (Wildman–Crippen MR) is 83.1 cm³/mol. The Hall–Kier alpha value is -0.530. The second-order valence-corrected chi connectivity index (χ2v) is 5.89. The molecule has 1 rings (SSSR count). The minimum Gasteiger partial charge on any atom is -0.439 e. The number of carbonyl (C=O) groups excluding carboxylic acids is 1. The van der Waals surface area contributed by atoms with Crippen LogP contribution < -0.4 is 5.73 Å². The summed E-state index contributed by atoms with van der Waals surface area (Å²) >= 11 is 8.27. The van der Waals surface area contributed by atoms with Crippen molar-refractivity contribution < 1.29 is 14.6 Å². The maximum absolute atomic E-state index is 11.0. The van der Waals surface area contributed by atoms with Crippen LogP contribution in [0.15, 0.2) is 18.2 Å². The topological polar surface area (TPSA) is 72.6 Å². The lowest BCUT2D eigenvalue weighted by molar-refractivity contribution is -0.0000464. The molecule has 106 valence electrons. The van der Waals surface area contributed by atoms with Crippen molar-refractivity contribution in [2.45, 2.75) is 38.4 Å². The molecule has 2 unspecified atom stereocenters. The number of aliphatic hydroxyl groups is 1. The fourth-order valence-corrected chi connectivity index (χ4v) is 2.73. The number of aliphatic hydroxyl groups excluding tert-OH is 1. The van der Waals surface area contributed by atoms with E-state index in [0.717, 1.165) is 16.4 Å². The van der Waals surface area contributed by atoms with E-state index in [1.807, 2.05) is 13.0 Å². The maximum Gasteiger partial charge on any atom is 0.405 e. The largest absolute Gasteiger partial charge is 0.439 e. The molecule has 0 heterocycles. The first-order valence-corrected chi connectivity index (χ1v) is 7.50. The Morgan fingerprint density at radius 2 is 2.26 bits per heavy atom. The first kappa shape index (κ1) is 16.5. The molecule has 6 heteroatoms. The molecule has 0 aliphatic carbocycles. The number of primary amides is 1. The average Bonchev–Trinajstić information content (AvgIpc) is 2.33. The van der Waals surface area contributed by atoms with Crippen LogP contribution in [0, 0.1) is 3.57 Å². The van der Waals surface area contributed by atoms with Gasteiger partial charge in [0, 0.05) is 14.2 Å². The van der Waals surface area contributed by atoms with Gasteiger partial charge in [0.2, 0.25) is 0 Å². The van der Waals surface area contributed by atoms with E-state index >= 15 is 0 Å². The number of hydrogen-bond acceptors (Lipinski definition) is 3. The fraction of sp³-hybridized carbons (Fsp3) is 0.462.